The molecule has 0 amide bonds. The first-order valence-electron chi connectivity index (χ1n) is 8.85. The van der Waals surface area contributed by atoms with Gasteiger partial charge in [0.25, 0.3) is 6.26 Å². The second kappa shape index (κ2) is 11.0. The molecule has 0 spiro atoms. The molecule has 0 atom stereocenters. The lowest BCUT2D eigenvalue weighted by atomic mass is 10.1. The molecule has 0 heterocycles. The fraction of sp³-hybridized carbons (Fsp3) is 0.190. The number of ether oxygens (including phenoxy) is 4. The number of anilines is 2. The topological polar surface area (TPSA) is 147 Å². The van der Waals surface area contributed by atoms with Crippen molar-refractivity contribution in [3.63, 3.8) is 0 Å². The summed E-state index contributed by atoms with van der Waals surface area (Å²) in [7, 11) is 1.46. The molecular formula is C21H21N3O6. The molecule has 0 saturated carbocycles. The van der Waals surface area contributed by atoms with Gasteiger partial charge in [-0.3, -0.25) is 0 Å². The molecule has 2 rings (SSSR count). The Balaban J connectivity index is 1.77. The zero-order valence-corrected chi connectivity index (χ0v) is 16.3. The Morgan fingerprint density at radius 2 is 1.87 bits per heavy atom. The fourth-order valence-corrected chi connectivity index (χ4v) is 2.38. The molecule has 0 aliphatic heterocycles. The minimum absolute atomic E-state index is 0.0538. The van der Waals surface area contributed by atoms with Crippen LogP contribution < -0.4 is 20.9 Å². The van der Waals surface area contributed by atoms with Crippen molar-refractivity contribution in [3.8, 4) is 17.8 Å². The van der Waals surface area contributed by atoms with Gasteiger partial charge in [0.05, 0.1) is 25.9 Å². The summed E-state index contributed by atoms with van der Waals surface area (Å²) in [5.74, 6) is -0.411. The first-order valence-corrected chi connectivity index (χ1v) is 8.85. The van der Waals surface area contributed by atoms with Gasteiger partial charge in [0.2, 0.25) is 0 Å². The summed E-state index contributed by atoms with van der Waals surface area (Å²) < 4.78 is 20.1. The molecule has 0 radical (unpaired) electrons. The minimum atomic E-state index is -0.595. The highest BCUT2D eigenvalue weighted by Gasteiger charge is 2.11. The van der Waals surface area contributed by atoms with Gasteiger partial charge in [-0.05, 0) is 36.4 Å². The Hall–Kier alpha value is -4.19. The van der Waals surface area contributed by atoms with Crippen molar-refractivity contribution in [2.45, 2.75) is 6.42 Å². The Kier molecular flexibility index (Phi) is 8.08. The molecule has 2 aromatic rings. The van der Waals surface area contributed by atoms with E-state index in [2.05, 4.69) is 0 Å². The van der Waals surface area contributed by atoms with E-state index in [4.69, 9.17) is 35.7 Å². The number of nitrogens with zero attached hydrogens (tertiary/aromatic N) is 1. The number of hydrogen-bond acceptors (Lipinski definition) is 9. The van der Waals surface area contributed by atoms with Crippen LogP contribution >= 0.6 is 0 Å². The normalized spacial score (nSPS) is 10.3. The number of rotatable bonds is 9. The van der Waals surface area contributed by atoms with Crippen LogP contribution in [0, 0.1) is 11.5 Å². The number of nitrogen functional groups attached to an aromatic ring is 2. The summed E-state index contributed by atoms with van der Waals surface area (Å²) in [6.07, 6.45) is 4.64. The molecule has 2 aromatic carbocycles. The summed E-state index contributed by atoms with van der Waals surface area (Å²) in [5, 5.41) is 8.53. The maximum atomic E-state index is 12.0. The Bertz CT molecular complexity index is 981. The third kappa shape index (κ3) is 6.45. The van der Waals surface area contributed by atoms with E-state index in [1.807, 2.05) is 0 Å². The van der Waals surface area contributed by atoms with Crippen molar-refractivity contribution in [1.82, 2.24) is 0 Å². The summed E-state index contributed by atoms with van der Waals surface area (Å²) in [4.78, 5) is 23.8. The second-order valence-corrected chi connectivity index (χ2v) is 5.93. The van der Waals surface area contributed by atoms with Gasteiger partial charge in [0.15, 0.2) is 0 Å². The first-order chi connectivity index (χ1) is 14.4. The molecule has 30 heavy (non-hydrogen) atoms. The quantitative estimate of drug-likeness (QED) is 0.209. The lowest BCUT2D eigenvalue weighted by Gasteiger charge is -2.08. The first kappa shape index (κ1) is 22.1. The number of methoxy groups -OCH3 is 1. The van der Waals surface area contributed by atoms with Gasteiger partial charge >= 0.3 is 11.9 Å². The van der Waals surface area contributed by atoms with Gasteiger partial charge in [0.1, 0.15) is 11.5 Å². The molecule has 4 N–H and O–H groups in total. The highest BCUT2D eigenvalue weighted by Crippen LogP contribution is 2.25. The van der Waals surface area contributed by atoms with E-state index in [1.54, 1.807) is 24.5 Å². The number of carbonyl (C=O) groups excluding carboxylic acids is 2. The van der Waals surface area contributed by atoms with Gasteiger partial charge in [-0.15, -0.1) is 5.26 Å². The molecule has 0 unspecified atom stereocenters. The summed E-state index contributed by atoms with van der Waals surface area (Å²) in [5.41, 5.74) is 12.8. The standard InChI is InChI=1S/C21H21N3O6/c1-27-19-12-16(30-13-22)6-3-14(19)4-8-20(25)28-9-2-10-29-21(26)17-11-15(23)5-7-18(17)24/h3-8,11-12H,2,9-10,23-24H2,1H3/b8-4+. The smallest absolute Gasteiger partial charge is 0.340 e. The van der Waals surface area contributed by atoms with Crippen LogP contribution in [0.1, 0.15) is 22.3 Å². The lowest BCUT2D eigenvalue weighted by Crippen LogP contribution is -2.12. The van der Waals surface area contributed by atoms with Gasteiger partial charge in [-0.1, -0.05) is 0 Å². The van der Waals surface area contributed by atoms with Crippen molar-refractivity contribution >= 4 is 29.4 Å². The zero-order valence-electron chi connectivity index (χ0n) is 16.3. The highest BCUT2D eigenvalue weighted by atomic mass is 16.5. The molecule has 0 saturated heterocycles. The van der Waals surface area contributed by atoms with Crippen molar-refractivity contribution in [2.24, 2.45) is 0 Å². The summed E-state index contributed by atoms with van der Waals surface area (Å²) in [6.45, 7) is 0.118. The van der Waals surface area contributed by atoms with Crippen LogP contribution in [0.2, 0.25) is 0 Å². The number of nitriles is 1. The van der Waals surface area contributed by atoms with Crippen molar-refractivity contribution in [2.75, 3.05) is 31.8 Å². The van der Waals surface area contributed by atoms with E-state index in [9.17, 15) is 9.59 Å². The number of benzene rings is 2. The van der Waals surface area contributed by atoms with Crippen LogP contribution in [0.25, 0.3) is 6.08 Å². The molecule has 0 bridgehead atoms. The van der Waals surface area contributed by atoms with Crippen LogP contribution in [0.3, 0.4) is 0 Å². The van der Waals surface area contributed by atoms with E-state index >= 15 is 0 Å². The summed E-state index contributed by atoms with van der Waals surface area (Å²) >= 11 is 0. The SMILES string of the molecule is COc1cc(OC#N)ccc1/C=C/C(=O)OCCCOC(=O)c1cc(N)ccc1N. The molecule has 0 aliphatic rings. The van der Waals surface area contributed by atoms with E-state index in [1.165, 1.54) is 37.5 Å². The van der Waals surface area contributed by atoms with Crippen LogP contribution in [0.15, 0.2) is 42.5 Å². The summed E-state index contributed by atoms with van der Waals surface area (Å²) in [6, 6.07) is 9.28. The zero-order chi connectivity index (χ0) is 21.9. The van der Waals surface area contributed by atoms with E-state index < -0.39 is 11.9 Å². The Labute approximate surface area is 173 Å². The van der Waals surface area contributed by atoms with Gasteiger partial charge in [-0.25, -0.2) is 9.59 Å². The Morgan fingerprint density at radius 1 is 1.10 bits per heavy atom. The maximum Gasteiger partial charge on any atom is 0.340 e. The third-order valence-electron chi connectivity index (χ3n) is 3.83. The molecule has 0 aromatic heterocycles. The predicted octanol–water partition coefficient (Wildman–Crippen LogP) is 2.52. The minimum Gasteiger partial charge on any atom is -0.496 e. The monoisotopic (exact) mass is 411 g/mol. The van der Waals surface area contributed by atoms with Gasteiger partial charge in [-0.2, -0.15) is 0 Å². The maximum absolute atomic E-state index is 12.0. The lowest BCUT2D eigenvalue weighted by molar-refractivity contribution is -0.137. The number of esters is 2. The van der Waals surface area contributed by atoms with E-state index in [0.717, 1.165) is 0 Å². The predicted molar refractivity (Wildman–Crippen MR) is 109 cm³/mol. The molecule has 0 aliphatic carbocycles. The van der Waals surface area contributed by atoms with E-state index in [-0.39, 0.29) is 24.5 Å². The average Bonchev–Trinajstić information content (AvgIpc) is 2.74. The largest absolute Gasteiger partial charge is 0.496 e. The van der Waals surface area contributed by atoms with Crippen molar-refractivity contribution < 1.29 is 28.5 Å². The molecule has 0 fully saturated rings. The van der Waals surface area contributed by atoms with Crippen LogP contribution in [-0.4, -0.2) is 32.3 Å². The van der Waals surface area contributed by atoms with E-state index in [0.29, 0.717) is 29.2 Å². The van der Waals surface area contributed by atoms with Crippen LogP contribution in [0.4, 0.5) is 11.4 Å². The van der Waals surface area contributed by atoms with Crippen molar-refractivity contribution in [1.29, 1.82) is 5.26 Å². The van der Waals surface area contributed by atoms with Crippen LogP contribution in [0.5, 0.6) is 11.5 Å². The third-order valence-corrected chi connectivity index (χ3v) is 3.83. The number of nitrogens with two attached hydrogens (primary N) is 2. The van der Waals surface area contributed by atoms with Gasteiger partial charge in [0, 0.05) is 35.5 Å². The average molecular weight is 411 g/mol. The van der Waals surface area contributed by atoms with Crippen LogP contribution in [-0.2, 0) is 14.3 Å². The molecular weight excluding hydrogens is 390 g/mol. The molecule has 9 nitrogen and oxygen atoms in total. The number of carbonyl (C=O) groups is 2. The van der Waals surface area contributed by atoms with Gasteiger partial charge < -0.3 is 30.4 Å². The fourth-order valence-electron chi connectivity index (χ4n) is 2.38. The number of hydrogen-bond donors (Lipinski definition) is 2. The second-order valence-electron chi connectivity index (χ2n) is 5.93. The highest BCUT2D eigenvalue weighted by molar-refractivity contribution is 5.96. The Morgan fingerprint density at radius 3 is 2.60 bits per heavy atom. The molecule has 9 heteroatoms. The van der Waals surface area contributed by atoms with Crippen molar-refractivity contribution in [3.05, 3.63) is 53.6 Å². The molecule has 156 valence electrons.